The van der Waals surface area contributed by atoms with Crippen molar-refractivity contribution in [1.82, 2.24) is 5.32 Å². The van der Waals surface area contributed by atoms with Gasteiger partial charge in [0, 0.05) is 12.8 Å². The fourth-order valence-electron chi connectivity index (χ4n) is 5.62. The molecule has 0 rings (SSSR count). The van der Waals surface area contributed by atoms with Crippen molar-refractivity contribution in [3.05, 3.63) is 36.5 Å². The number of hydrogen-bond acceptors (Lipinski definition) is 8. The molecule has 1 amide bonds. The van der Waals surface area contributed by atoms with Crippen LogP contribution < -0.4 is 5.32 Å². The Kier molecular flexibility index (Phi) is 36.0. The highest BCUT2D eigenvalue weighted by Gasteiger charge is 2.28. The largest absolute Gasteiger partial charge is 0.480 e. The summed E-state index contributed by atoms with van der Waals surface area (Å²) in [7, 11) is -4.74. The number of phosphoric ester groups is 1. The number of rotatable bonds is 39. The van der Waals surface area contributed by atoms with Crippen molar-refractivity contribution in [2.24, 2.45) is 0 Å². The Labute approximate surface area is 327 Å². The lowest BCUT2D eigenvalue weighted by atomic mass is 10.1. The highest BCUT2D eigenvalue weighted by molar-refractivity contribution is 7.47. The molecule has 0 spiro atoms. The minimum Gasteiger partial charge on any atom is -0.480 e. The average Bonchev–Trinajstić information content (AvgIpc) is 3.14. The van der Waals surface area contributed by atoms with Crippen LogP contribution in [-0.4, -0.2) is 64.9 Å². The first kappa shape index (κ1) is 51.7. The Morgan fingerprint density at radius 1 is 0.593 bits per heavy atom. The van der Waals surface area contributed by atoms with Gasteiger partial charge in [0.2, 0.25) is 5.91 Å². The van der Waals surface area contributed by atoms with Gasteiger partial charge in [-0.15, -0.1) is 0 Å². The maximum absolute atomic E-state index is 12.2. The Morgan fingerprint density at radius 2 is 1.02 bits per heavy atom. The molecule has 12 heteroatoms. The number of carbonyl (C=O) groups excluding carboxylic acids is 2. The van der Waals surface area contributed by atoms with Gasteiger partial charge in [-0.25, -0.2) is 9.36 Å². The summed E-state index contributed by atoms with van der Waals surface area (Å²) in [5.74, 6) is -2.38. The minimum absolute atomic E-state index is 0.145. The van der Waals surface area contributed by atoms with Crippen molar-refractivity contribution in [2.75, 3.05) is 19.8 Å². The van der Waals surface area contributed by atoms with Crippen LogP contribution in [0.3, 0.4) is 0 Å². The van der Waals surface area contributed by atoms with Crippen LogP contribution in [0.1, 0.15) is 181 Å². The van der Waals surface area contributed by atoms with Crippen molar-refractivity contribution in [3.8, 4) is 0 Å². The number of unbranched alkanes of at least 4 members (excludes halogenated alkanes) is 19. The second kappa shape index (κ2) is 37.6. The summed E-state index contributed by atoms with van der Waals surface area (Å²) >= 11 is 0. The number of allylic oxidation sites excluding steroid dienone is 6. The van der Waals surface area contributed by atoms with E-state index in [9.17, 15) is 34.1 Å². The van der Waals surface area contributed by atoms with Crippen molar-refractivity contribution in [1.29, 1.82) is 0 Å². The van der Waals surface area contributed by atoms with Gasteiger partial charge >= 0.3 is 19.8 Å². The molecular formula is C42H76NO10P. The zero-order valence-electron chi connectivity index (χ0n) is 33.8. The first-order chi connectivity index (χ1) is 26.1. The molecule has 3 unspecified atom stereocenters. The average molecular weight is 786 g/mol. The molecule has 0 aromatic rings. The van der Waals surface area contributed by atoms with E-state index >= 15 is 0 Å². The number of hydrogen-bond donors (Lipinski definition) is 4. The number of carboxylic acids is 1. The fourth-order valence-corrected chi connectivity index (χ4v) is 6.39. The predicted octanol–water partition coefficient (Wildman–Crippen LogP) is 10.4. The number of ether oxygens (including phenoxy) is 1. The number of aliphatic hydroxyl groups excluding tert-OH is 1. The molecule has 3 atom stereocenters. The van der Waals surface area contributed by atoms with E-state index in [1.807, 2.05) is 0 Å². The summed E-state index contributed by atoms with van der Waals surface area (Å²) in [6.07, 6.45) is 39.2. The van der Waals surface area contributed by atoms with Gasteiger partial charge in [-0.05, 0) is 51.4 Å². The van der Waals surface area contributed by atoms with E-state index in [2.05, 4.69) is 55.6 Å². The van der Waals surface area contributed by atoms with Gasteiger partial charge in [-0.2, -0.15) is 0 Å². The predicted molar refractivity (Wildman–Crippen MR) is 217 cm³/mol. The van der Waals surface area contributed by atoms with Crippen LogP contribution in [0.4, 0.5) is 0 Å². The van der Waals surface area contributed by atoms with Gasteiger partial charge in [0.15, 0.2) is 6.04 Å². The van der Waals surface area contributed by atoms with E-state index in [-0.39, 0.29) is 12.8 Å². The van der Waals surface area contributed by atoms with Crippen LogP contribution in [0, 0.1) is 0 Å². The van der Waals surface area contributed by atoms with Gasteiger partial charge in [0.1, 0.15) is 12.7 Å². The van der Waals surface area contributed by atoms with Crippen molar-refractivity contribution in [3.63, 3.8) is 0 Å². The van der Waals surface area contributed by atoms with E-state index in [1.54, 1.807) is 0 Å². The van der Waals surface area contributed by atoms with Gasteiger partial charge in [0.25, 0.3) is 0 Å². The van der Waals surface area contributed by atoms with Gasteiger partial charge < -0.3 is 25.2 Å². The van der Waals surface area contributed by atoms with Crippen LogP contribution in [0.2, 0.25) is 0 Å². The highest BCUT2D eigenvalue weighted by atomic mass is 31.2. The molecule has 314 valence electrons. The summed E-state index contributed by atoms with van der Waals surface area (Å²) in [5.41, 5.74) is 0. The lowest BCUT2D eigenvalue weighted by molar-refractivity contribution is -0.147. The Hall–Kier alpha value is -2.30. The third-order valence-electron chi connectivity index (χ3n) is 8.93. The van der Waals surface area contributed by atoms with Crippen LogP contribution in [0.15, 0.2) is 36.5 Å². The summed E-state index contributed by atoms with van der Waals surface area (Å²) in [6.45, 7) is 2.48. The molecule has 0 saturated heterocycles. The summed E-state index contributed by atoms with van der Waals surface area (Å²) in [4.78, 5) is 45.6. The third-order valence-corrected chi connectivity index (χ3v) is 9.88. The monoisotopic (exact) mass is 786 g/mol. The molecule has 0 fully saturated rings. The molecule has 4 N–H and O–H groups in total. The fraction of sp³-hybridized carbons (Fsp3) is 0.786. The van der Waals surface area contributed by atoms with Crippen LogP contribution >= 0.6 is 7.82 Å². The van der Waals surface area contributed by atoms with Gasteiger partial charge in [-0.1, -0.05) is 153 Å². The molecule has 0 aliphatic heterocycles. The number of esters is 1. The first-order valence-electron chi connectivity index (χ1n) is 21.0. The quantitative estimate of drug-likeness (QED) is 0.0204. The SMILES string of the molecule is CCCCC/C=C\C/C=C\C/C=C\CCCCCCCCCCCCC(=O)OCC(O)COP(=O)(O)OCC(NC(=O)CCCCCCCCC)C(=O)O. The van der Waals surface area contributed by atoms with E-state index < -0.39 is 57.6 Å². The maximum Gasteiger partial charge on any atom is 0.472 e. The molecule has 54 heavy (non-hydrogen) atoms. The summed E-state index contributed by atoms with van der Waals surface area (Å²) in [6, 6.07) is -1.54. The van der Waals surface area contributed by atoms with Crippen LogP contribution in [-0.2, 0) is 32.7 Å². The van der Waals surface area contributed by atoms with E-state index in [4.69, 9.17) is 13.8 Å². The highest BCUT2D eigenvalue weighted by Crippen LogP contribution is 2.43. The van der Waals surface area contributed by atoms with Crippen molar-refractivity contribution in [2.45, 2.75) is 193 Å². The van der Waals surface area contributed by atoms with Gasteiger partial charge in [0.05, 0.1) is 13.2 Å². The molecule has 11 nitrogen and oxygen atoms in total. The molecule has 0 bridgehead atoms. The number of carboxylic acid groups (broad SMARTS) is 1. The second-order valence-electron chi connectivity index (χ2n) is 14.2. The smallest absolute Gasteiger partial charge is 0.472 e. The molecule has 0 saturated carbocycles. The van der Waals surface area contributed by atoms with E-state index in [0.29, 0.717) is 12.8 Å². The molecule has 0 radical (unpaired) electrons. The molecule has 0 aromatic heterocycles. The Morgan fingerprint density at radius 3 is 1.56 bits per heavy atom. The first-order valence-corrected chi connectivity index (χ1v) is 22.5. The zero-order chi connectivity index (χ0) is 40.0. The van der Waals surface area contributed by atoms with E-state index in [0.717, 1.165) is 70.6 Å². The number of aliphatic carboxylic acids is 1. The molecular weight excluding hydrogens is 709 g/mol. The van der Waals surface area contributed by atoms with Crippen molar-refractivity contribution < 1.29 is 47.8 Å². The summed E-state index contributed by atoms with van der Waals surface area (Å²) < 4.78 is 26.7. The Balaban J connectivity index is 3.80. The lowest BCUT2D eigenvalue weighted by Crippen LogP contribution is -2.43. The standard InChI is InChI=1S/C42H76NO10P/c1-3-5-7-9-11-12-13-14-15-16-17-18-19-20-21-22-23-24-25-26-28-30-32-34-41(46)51-35-38(44)36-52-54(49,50)53-37-39(42(47)48)43-40(45)33-31-29-27-10-8-6-4-2/h11-12,14-15,17-18,38-39,44H,3-10,13,16,19-37H2,1-2H3,(H,43,45)(H,47,48)(H,49,50)/b12-11-,15-14-,18-17-. The number of phosphoric acid groups is 1. The zero-order valence-corrected chi connectivity index (χ0v) is 34.7. The number of nitrogens with one attached hydrogen (secondary N) is 1. The molecule has 0 aliphatic rings. The Bertz CT molecular complexity index is 1060. The summed E-state index contributed by atoms with van der Waals surface area (Å²) in [5, 5.41) is 21.7. The number of aliphatic hydroxyl groups is 1. The third kappa shape index (κ3) is 36.7. The van der Waals surface area contributed by atoms with Crippen molar-refractivity contribution >= 4 is 25.7 Å². The van der Waals surface area contributed by atoms with E-state index in [1.165, 1.54) is 70.6 Å². The van der Waals surface area contributed by atoms with Crippen LogP contribution in [0.25, 0.3) is 0 Å². The van der Waals surface area contributed by atoms with Gasteiger partial charge in [-0.3, -0.25) is 18.6 Å². The topological polar surface area (TPSA) is 169 Å². The maximum atomic E-state index is 12.2. The minimum atomic E-state index is -4.74. The molecule has 0 aliphatic carbocycles. The van der Waals surface area contributed by atoms with Crippen LogP contribution in [0.5, 0.6) is 0 Å². The molecule has 0 heterocycles. The second-order valence-corrected chi connectivity index (χ2v) is 15.6. The number of amides is 1. The number of carbonyl (C=O) groups is 3. The lowest BCUT2D eigenvalue weighted by Gasteiger charge is -2.18. The normalized spacial score (nSPS) is 14.1. The molecule has 0 aromatic carbocycles.